The van der Waals surface area contributed by atoms with Gasteiger partial charge in [0.1, 0.15) is 5.82 Å². The highest BCUT2D eigenvalue weighted by Gasteiger charge is 2.17. The third kappa shape index (κ3) is 3.88. The predicted molar refractivity (Wildman–Crippen MR) is 80.2 cm³/mol. The van der Waals surface area contributed by atoms with Gasteiger partial charge in [-0.3, -0.25) is 4.79 Å². The Bertz CT molecular complexity index is 689. The topological polar surface area (TPSA) is 59.2 Å². The zero-order valence-electron chi connectivity index (χ0n) is 11.5. The van der Waals surface area contributed by atoms with E-state index < -0.39 is 11.7 Å². The van der Waals surface area contributed by atoms with Crippen LogP contribution in [0, 0.1) is 17.7 Å². The number of nitrogens with two attached hydrogens (primary N) is 1. The molecule has 1 amide bonds. The van der Waals surface area contributed by atoms with Crippen molar-refractivity contribution in [3.63, 3.8) is 0 Å². The van der Waals surface area contributed by atoms with Crippen LogP contribution < -0.4 is 5.73 Å². The molecule has 0 atom stereocenters. The quantitative estimate of drug-likeness (QED) is 0.881. The minimum absolute atomic E-state index is 0.00319. The maximum atomic E-state index is 13.8. The summed E-state index contributed by atoms with van der Waals surface area (Å²) in [4.78, 5) is 17.8. The SMILES string of the molecule is CN(Cc1cscn1)C(=O)c1cc(C#CCN)ccc1F. The average Bonchev–Trinajstić information content (AvgIpc) is 2.98. The van der Waals surface area contributed by atoms with Crippen molar-refractivity contribution in [2.75, 3.05) is 13.6 Å². The van der Waals surface area contributed by atoms with Crippen LogP contribution in [0.4, 0.5) is 4.39 Å². The second kappa shape index (κ2) is 6.97. The molecule has 2 aromatic rings. The Labute approximate surface area is 126 Å². The molecule has 0 radical (unpaired) electrons. The summed E-state index contributed by atoms with van der Waals surface area (Å²) in [5.74, 6) is 4.49. The summed E-state index contributed by atoms with van der Waals surface area (Å²) in [6, 6.07) is 4.21. The van der Waals surface area contributed by atoms with Crippen LogP contribution in [0.5, 0.6) is 0 Å². The lowest BCUT2D eigenvalue weighted by Crippen LogP contribution is -2.27. The van der Waals surface area contributed by atoms with E-state index in [1.165, 1.54) is 34.4 Å². The van der Waals surface area contributed by atoms with Crippen LogP contribution in [-0.4, -0.2) is 29.4 Å². The Balaban J connectivity index is 2.21. The lowest BCUT2D eigenvalue weighted by Gasteiger charge is -2.16. The molecule has 1 aromatic heterocycles. The molecule has 21 heavy (non-hydrogen) atoms. The molecule has 0 saturated heterocycles. The van der Waals surface area contributed by atoms with Gasteiger partial charge in [-0.25, -0.2) is 9.37 Å². The molecule has 108 valence electrons. The van der Waals surface area contributed by atoms with E-state index in [1.54, 1.807) is 12.6 Å². The average molecular weight is 303 g/mol. The van der Waals surface area contributed by atoms with E-state index in [-0.39, 0.29) is 12.1 Å². The molecule has 2 N–H and O–H groups in total. The van der Waals surface area contributed by atoms with Crippen molar-refractivity contribution in [3.8, 4) is 11.8 Å². The maximum absolute atomic E-state index is 13.8. The fourth-order valence-corrected chi connectivity index (χ4v) is 2.31. The lowest BCUT2D eigenvalue weighted by atomic mass is 10.1. The number of carbonyl (C=O) groups excluding carboxylic acids is 1. The van der Waals surface area contributed by atoms with Crippen molar-refractivity contribution < 1.29 is 9.18 Å². The van der Waals surface area contributed by atoms with Gasteiger partial charge in [-0.15, -0.1) is 11.3 Å². The van der Waals surface area contributed by atoms with Gasteiger partial charge in [0.15, 0.2) is 0 Å². The molecular weight excluding hydrogens is 289 g/mol. The zero-order chi connectivity index (χ0) is 15.2. The van der Waals surface area contributed by atoms with Crippen molar-refractivity contribution in [2.45, 2.75) is 6.54 Å². The molecular formula is C15H14FN3OS. The van der Waals surface area contributed by atoms with Crippen molar-refractivity contribution in [2.24, 2.45) is 5.73 Å². The highest BCUT2D eigenvalue weighted by Crippen LogP contribution is 2.14. The van der Waals surface area contributed by atoms with Crippen LogP contribution >= 0.6 is 11.3 Å². The Morgan fingerprint density at radius 2 is 2.33 bits per heavy atom. The summed E-state index contributed by atoms with van der Waals surface area (Å²) in [7, 11) is 1.61. The van der Waals surface area contributed by atoms with E-state index in [1.807, 2.05) is 5.38 Å². The summed E-state index contributed by atoms with van der Waals surface area (Å²) in [6.45, 7) is 0.546. The summed E-state index contributed by atoms with van der Waals surface area (Å²) in [6.07, 6.45) is 0. The third-order valence-corrected chi connectivity index (χ3v) is 3.40. The fourth-order valence-electron chi connectivity index (χ4n) is 1.76. The number of hydrogen-bond acceptors (Lipinski definition) is 4. The van der Waals surface area contributed by atoms with Gasteiger partial charge in [-0.2, -0.15) is 0 Å². The molecule has 0 saturated carbocycles. The minimum Gasteiger partial charge on any atom is -0.336 e. The van der Waals surface area contributed by atoms with E-state index >= 15 is 0 Å². The van der Waals surface area contributed by atoms with Crippen LogP contribution in [0.15, 0.2) is 29.1 Å². The fraction of sp³-hybridized carbons (Fsp3) is 0.200. The molecule has 6 heteroatoms. The molecule has 1 aromatic carbocycles. The van der Waals surface area contributed by atoms with Gasteiger partial charge in [0.25, 0.3) is 5.91 Å². The Morgan fingerprint density at radius 3 is 3.00 bits per heavy atom. The number of aromatic nitrogens is 1. The van der Waals surface area contributed by atoms with Crippen LogP contribution in [0.1, 0.15) is 21.6 Å². The summed E-state index contributed by atoms with van der Waals surface area (Å²) >= 11 is 1.45. The molecule has 0 bridgehead atoms. The molecule has 4 nitrogen and oxygen atoms in total. The van der Waals surface area contributed by atoms with Crippen LogP contribution in [0.2, 0.25) is 0 Å². The molecule has 0 unspecified atom stereocenters. The van der Waals surface area contributed by atoms with Crippen molar-refractivity contribution in [1.82, 2.24) is 9.88 Å². The summed E-state index contributed by atoms with van der Waals surface area (Å²) in [5.41, 5.74) is 8.32. The van der Waals surface area contributed by atoms with Gasteiger partial charge in [0, 0.05) is 18.0 Å². The van der Waals surface area contributed by atoms with Crippen molar-refractivity contribution >= 4 is 17.2 Å². The van der Waals surface area contributed by atoms with Crippen LogP contribution in [0.3, 0.4) is 0 Å². The number of halogens is 1. The first kappa shape index (κ1) is 15.2. The number of hydrogen-bond donors (Lipinski definition) is 1. The molecule has 0 aliphatic carbocycles. The molecule has 2 rings (SSSR count). The van der Waals surface area contributed by atoms with Gasteiger partial charge in [-0.05, 0) is 18.2 Å². The van der Waals surface area contributed by atoms with Crippen molar-refractivity contribution in [3.05, 3.63) is 51.7 Å². The lowest BCUT2D eigenvalue weighted by molar-refractivity contribution is 0.0779. The maximum Gasteiger partial charge on any atom is 0.256 e. The number of benzene rings is 1. The first-order valence-electron chi connectivity index (χ1n) is 6.23. The molecule has 0 aliphatic heterocycles. The third-order valence-electron chi connectivity index (χ3n) is 2.76. The minimum atomic E-state index is -0.566. The van der Waals surface area contributed by atoms with Crippen molar-refractivity contribution in [1.29, 1.82) is 0 Å². The predicted octanol–water partition coefficient (Wildman–Crippen LogP) is 1.86. The van der Waals surface area contributed by atoms with Gasteiger partial charge in [0.05, 0.1) is 29.9 Å². The summed E-state index contributed by atoms with van der Waals surface area (Å²) < 4.78 is 13.8. The van der Waals surface area contributed by atoms with E-state index in [9.17, 15) is 9.18 Å². The first-order valence-corrected chi connectivity index (χ1v) is 7.17. The molecule has 0 fully saturated rings. The highest BCUT2D eigenvalue weighted by atomic mass is 32.1. The Kier molecular flexibility index (Phi) is 5.04. The van der Waals surface area contributed by atoms with E-state index in [4.69, 9.17) is 5.73 Å². The number of thiazole rings is 1. The molecule has 0 aliphatic rings. The first-order chi connectivity index (χ1) is 10.1. The van der Waals surface area contributed by atoms with E-state index in [0.29, 0.717) is 12.1 Å². The monoisotopic (exact) mass is 303 g/mol. The second-order valence-corrected chi connectivity index (χ2v) is 5.06. The van der Waals surface area contributed by atoms with Crippen LogP contribution in [-0.2, 0) is 6.54 Å². The van der Waals surface area contributed by atoms with Gasteiger partial charge >= 0.3 is 0 Å². The number of amides is 1. The summed E-state index contributed by atoms with van der Waals surface area (Å²) in [5, 5.41) is 1.85. The van der Waals surface area contributed by atoms with E-state index in [0.717, 1.165) is 5.69 Å². The molecule has 0 spiro atoms. The Morgan fingerprint density at radius 1 is 1.52 bits per heavy atom. The van der Waals surface area contributed by atoms with Gasteiger partial charge < -0.3 is 10.6 Å². The zero-order valence-corrected chi connectivity index (χ0v) is 12.3. The largest absolute Gasteiger partial charge is 0.336 e. The number of carbonyl (C=O) groups is 1. The normalized spacial score (nSPS) is 9.86. The van der Waals surface area contributed by atoms with E-state index in [2.05, 4.69) is 16.8 Å². The second-order valence-electron chi connectivity index (χ2n) is 4.34. The number of nitrogens with zero attached hydrogens (tertiary/aromatic N) is 2. The highest BCUT2D eigenvalue weighted by molar-refractivity contribution is 7.07. The Hall–Kier alpha value is -2.23. The van der Waals surface area contributed by atoms with Gasteiger partial charge in [0.2, 0.25) is 0 Å². The smallest absolute Gasteiger partial charge is 0.256 e. The van der Waals surface area contributed by atoms with Gasteiger partial charge in [-0.1, -0.05) is 11.8 Å². The molecule has 1 heterocycles. The number of rotatable bonds is 3. The van der Waals surface area contributed by atoms with Crippen LogP contribution in [0.25, 0.3) is 0 Å². The standard InChI is InChI=1S/C15H14FN3OS/c1-19(8-12-9-21-10-18-12)15(20)13-7-11(3-2-6-17)4-5-14(13)16/h4-5,7,9-10H,6,8,17H2,1H3.